The Morgan fingerprint density at radius 3 is 1.00 bits per heavy atom. The van der Waals surface area contributed by atoms with E-state index in [9.17, 15) is 0 Å². The molecule has 0 heterocycles. The Balaban J connectivity index is 0. The maximum Gasteiger partial charge on any atom is 0.187 e. The van der Waals surface area contributed by atoms with Gasteiger partial charge in [-0.25, -0.2) is 0 Å². The molecule has 0 aliphatic carbocycles. The van der Waals surface area contributed by atoms with Crippen LogP contribution in [0.15, 0.2) is 0 Å². The summed E-state index contributed by atoms with van der Waals surface area (Å²) in [6.45, 7) is 0. The molecule has 0 aromatic rings. The molecule has 0 saturated carbocycles. The molecule has 0 atom stereocenters. The van der Waals surface area contributed by atoms with E-state index in [1.165, 1.54) is 0 Å². The van der Waals surface area contributed by atoms with Crippen molar-refractivity contribution < 1.29 is 108 Å². The van der Waals surface area contributed by atoms with Crippen LogP contribution >= 0.6 is 0 Å². The number of hydrogen-bond acceptors (Lipinski definition) is 0. The van der Waals surface area contributed by atoms with Gasteiger partial charge in [0.15, 0.2) is 17.4 Å². The molecule has 0 rings (SSSR count). The van der Waals surface area contributed by atoms with E-state index in [2.05, 4.69) is 0 Å². The predicted molar refractivity (Wildman–Crippen MR) is 9.94 cm³/mol. The fourth-order valence-corrected chi connectivity index (χ4v) is 0. The molecule has 0 N–H and O–H groups in total. The molecule has 0 aromatic carbocycles. The van der Waals surface area contributed by atoms with Crippen molar-refractivity contribution in [3.05, 3.63) is 0 Å². The molecular formula is H3AlCePtRhZr. The van der Waals surface area contributed by atoms with Crippen molar-refractivity contribution in [2.75, 3.05) is 0 Å². The fourth-order valence-electron chi connectivity index (χ4n) is 0. The van der Waals surface area contributed by atoms with Crippen molar-refractivity contribution in [2.24, 2.45) is 0 Å². The van der Waals surface area contributed by atoms with Crippen LogP contribution in [-0.2, 0) is 66.7 Å². The van der Waals surface area contributed by atoms with Gasteiger partial charge in [0.05, 0.1) is 0 Å². The minimum atomic E-state index is 0. The molecule has 0 unspecified atom stereocenters. The standard InChI is InChI=1S/Al.Ce.Pt.Rh.Zr.3H. The molecule has 0 aliphatic rings. The predicted octanol–water partition coefficient (Wildman–Crippen LogP) is -1.19. The normalized spacial score (nSPS) is 0. The molecule has 0 bridgehead atoms. The van der Waals surface area contributed by atoms with Crippen LogP contribution in [0.1, 0.15) is 0 Å². The topological polar surface area (TPSA) is 0 Å². The van der Waals surface area contributed by atoms with E-state index in [0.717, 1.165) is 0 Å². The summed E-state index contributed by atoms with van der Waals surface area (Å²) in [5.74, 6) is 0. The maximum absolute atomic E-state index is 0. The first-order valence-corrected chi connectivity index (χ1v) is 0. The van der Waals surface area contributed by atoms with Crippen LogP contribution in [0.3, 0.4) is 0 Å². The van der Waals surface area contributed by atoms with Crippen LogP contribution in [0, 0.1) is 41.7 Å². The number of rotatable bonds is 0. The Morgan fingerprint density at radius 1 is 1.00 bits per heavy atom. The van der Waals surface area contributed by atoms with Crippen molar-refractivity contribution in [2.45, 2.75) is 0 Å². The average molecular weight is 559 g/mol. The fraction of sp³-hybridized carbons (Fsp3) is 0. The summed E-state index contributed by atoms with van der Waals surface area (Å²) in [4.78, 5) is 0. The molecule has 0 fully saturated rings. The second kappa shape index (κ2) is 24.3. The zero-order chi connectivity index (χ0) is 0. The van der Waals surface area contributed by atoms with Crippen molar-refractivity contribution in [3.8, 4) is 0 Å². The Morgan fingerprint density at radius 2 is 1.00 bits per heavy atom. The molecule has 5 heteroatoms. The van der Waals surface area contributed by atoms with E-state index in [1.54, 1.807) is 0 Å². The molecule has 0 aliphatic heterocycles. The van der Waals surface area contributed by atoms with Gasteiger partial charge in [0.25, 0.3) is 0 Å². The molecule has 33 valence electrons. The van der Waals surface area contributed by atoms with Gasteiger partial charge in [0.1, 0.15) is 0 Å². The summed E-state index contributed by atoms with van der Waals surface area (Å²) in [5.41, 5.74) is 0. The summed E-state index contributed by atoms with van der Waals surface area (Å²) < 4.78 is 0. The van der Waals surface area contributed by atoms with Crippen molar-refractivity contribution in [3.63, 3.8) is 0 Å². The Hall–Kier alpha value is 4.10. The molecule has 1 radical (unpaired) electrons. The summed E-state index contributed by atoms with van der Waals surface area (Å²) in [5, 5.41) is 0. The first kappa shape index (κ1) is 35.5. The largest absolute Gasteiger partial charge is 0.187 e. The maximum atomic E-state index is 0. The van der Waals surface area contributed by atoms with Gasteiger partial charge >= 0.3 is 0 Å². The summed E-state index contributed by atoms with van der Waals surface area (Å²) in [6, 6.07) is 0. The van der Waals surface area contributed by atoms with Gasteiger partial charge in [-0.05, 0) is 0 Å². The Kier molecular flexibility index (Phi) is 172. The van der Waals surface area contributed by atoms with Crippen molar-refractivity contribution in [1.29, 1.82) is 0 Å². The van der Waals surface area contributed by atoms with Gasteiger partial charge < -0.3 is 0 Å². The molecule has 0 spiro atoms. The molecule has 0 amide bonds. The van der Waals surface area contributed by atoms with Crippen molar-refractivity contribution in [1.82, 2.24) is 0 Å². The van der Waals surface area contributed by atoms with E-state index >= 15 is 0 Å². The van der Waals surface area contributed by atoms with Gasteiger partial charge in [-0.15, -0.1) is 0 Å². The monoisotopic (exact) mass is 558 g/mol. The van der Waals surface area contributed by atoms with Gasteiger partial charge in [0.2, 0.25) is 0 Å². The zero-order valence-corrected chi connectivity index (χ0v) is 11.2. The van der Waals surface area contributed by atoms with Crippen LogP contribution in [0.4, 0.5) is 0 Å². The zero-order valence-electron chi connectivity index (χ0n) is 1.65. The van der Waals surface area contributed by atoms with Crippen LogP contribution in [0.5, 0.6) is 0 Å². The third kappa shape index (κ3) is 17.9. The van der Waals surface area contributed by atoms with E-state index in [-0.39, 0.29) is 126 Å². The van der Waals surface area contributed by atoms with Gasteiger partial charge in [0, 0.05) is 108 Å². The van der Waals surface area contributed by atoms with Gasteiger partial charge in [-0.1, -0.05) is 0 Å². The minimum Gasteiger partial charge on any atom is 0 e. The third-order valence-corrected chi connectivity index (χ3v) is 0. The van der Waals surface area contributed by atoms with Crippen LogP contribution in [0.25, 0.3) is 0 Å². The quantitative estimate of drug-likeness (QED) is 0.328. The van der Waals surface area contributed by atoms with Gasteiger partial charge in [-0.2, -0.15) is 0 Å². The summed E-state index contributed by atoms with van der Waals surface area (Å²) >= 11 is 0. The Labute approximate surface area is 123 Å². The van der Waals surface area contributed by atoms with E-state index in [1.807, 2.05) is 0 Å². The SMILES string of the molecule is [AlH3].[Ce].[Pt].[Rh].[Zr]. The second-order valence-electron chi connectivity index (χ2n) is 0. The van der Waals surface area contributed by atoms with E-state index < -0.39 is 0 Å². The van der Waals surface area contributed by atoms with Crippen LogP contribution in [-0.4, -0.2) is 17.4 Å². The first-order valence-electron chi connectivity index (χ1n) is 0. The van der Waals surface area contributed by atoms with Gasteiger partial charge in [-0.3, -0.25) is 0 Å². The molecular weight excluding hydrogens is 556 g/mol. The first-order chi connectivity index (χ1) is 0. The molecule has 5 heavy (non-hydrogen) atoms. The third-order valence-electron chi connectivity index (χ3n) is 0. The van der Waals surface area contributed by atoms with E-state index in [4.69, 9.17) is 0 Å². The molecule has 0 saturated heterocycles. The summed E-state index contributed by atoms with van der Waals surface area (Å²) in [7, 11) is 0. The molecule has 0 aromatic heterocycles. The minimum absolute atomic E-state index is 0. The van der Waals surface area contributed by atoms with Crippen molar-refractivity contribution >= 4 is 17.4 Å². The summed E-state index contributed by atoms with van der Waals surface area (Å²) in [6.07, 6.45) is 0. The average Bonchev–Trinajstić information content (AvgIpc) is 0. The van der Waals surface area contributed by atoms with Crippen LogP contribution < -0.4 is 0 Å². The Bertz CT molecular complexity index is 11.6. The smallest absolute Gasteiger partial charge is 0 e. The van der Waals surface area contributed by atoms with Crippen LogP contribution in [0.2, 0.25) is 0 Å². The molecule has 0 nitrogen and oxygen atoms in total. The van der Waals surface area contributed by atoms with E-state index in [0.29, 0.717) is 0 Å². The number of hydrogen-bond donors (Lipinski definition) is 0. The second-order valence-corrected chi connectivity index (χ2v) is 0.